The number of rotatable bonds is 9. The van der Waals surface area contributed by atoms with Crippen molar-refractivity contribution in [3.63, 3.8) is 0 Å². The molecule has 2 aromatic carbocycles. The Kier molecular flexibility index (Phi) is 8.16. The van der Waals surface area contributed by atoms with Crippen molar-refractivity contribution in [1.82, 2.24) is 5.32 Å². The van der Waals surface area contributed by atoms with Gasteiger partial charge in [-0.05, 0) is 61.2 Å². The van der Waals surface area contributed by atoms with E-state index in [2.05, 4.69) is 10.1 Å². The summed E-state index contributed by atoms with van der Waals surface area (Å²) < 4.78 is 53.7. The summed E-state index contributed by atoms with van der Waals surface area (Å²) in [5, 5.41) is 2.92. The minimum atomic E-state index is -2.96. The molecule has 8 heteroatoms. The number of carbonyl (C=O) groups is 1. The van der Waals surface area contributed by atoms with Gasteiger partial charge in [0.1, 0.15) is 5.82 Å². The van der Waals surface area contributed by atoms with E-state index in [1.54, 1.807) is 31.2 Å². The summed E-state index contributed by atoms with van der Waals surface area (Å²) in [7, 11) is 0. The van der Waals surface area contributed by atoms with Crippen LogP contribution in [0.5, 0.6) is 11.5 Å². The van der Waals surface area contributed by atoms with Gasteiger partial charge >= 0.3 is 6.61 Å². The van der Waals surface area contributed by atoms with Gasteiger partial charge in [-0.15, -0.1) is 0 Å². The van der Waals surface area contributed by atoms with Crippen molar-refractivity contribution in [1.29, 1.82) is 0 Å². The molecule has 1 amide bonds. The Morgan fingerprint density at radius 2 is 1.88 bits per heavy atom. The normalized spacial score (nSPS) is 15.7. The maximum Gasteiger partial charge on any atom is 0.387 e. The van der Waals surface area contributed by atoms with E-state index < -0.39 is 6.61 Å². The number of alkyl halides is 2. The van der Waals surface area contributed by atoms with Crippen LogP contribution in [0, 0.1) is 5.82 Å². The monoisotopic (exact) mass is 449 g/mol. The van der Waals surface area contributed by atoms with Crippen molar-refractivity contribution in [3.8, 4) is 11.5 Å². The lowest BCUT2D eigenvalue weighted by Crippen LogP contribution is -2.44. The second-order valence-corrected chi connectivity index (χ2v) is 7.47. The van der Waals surface area contributed by atoms with Crippen molar-refractivity contribution >= 4 is 12.0 Å². The maximum atomic E-state index is 13.4. The first-order chi connectivity index (χ1) is 15.4. The fourth-order valence-electron chi connectivity index (χ4n) is 3.71. The zero-order valence-electron chi connectivity index (χ0n) is 17.8. The SMILES string of the molecule is CCOc1cc(/C=C/C(=O)NCC2(c3ccc(F)cc3)CCOCC2)ccc1OC(F)F. The smallest absolute Gasteiger partial charge is 0.387 e. The van der Waals surface area contributed by atoms with Gasteiger partial charge in [-0.2, -0.15) is 8.78 Å². The second-order valence-electron chi connectivity index (χ2n) is 7.47. The number of benzene rings is 2. The lowest BCUT2D eigenvalue weighted by Gasteiger charge is -2.37. The molecular formula is C24H26F3NO4. The Morgan fingerprint density at radius 3 is 2.53 bits per heavy atom. The summed E-state index contributed by atoms with van der Waals surface area (Å²) in [4.78, 5) is 12.5. The average Bonchev–Trinajstić information content (AvgIpc) is 2.79. The molecule has 1 aliphatic heterocycles. The van der Waals surface area contributed by atoms with Gasteiger partial charge in [0, 0.05) is 31.2 Å². The topological polar surface area (TPSA) is 56.8 Å². The third-order valence-corrected chi connectivity index (χ3v) is 5.42. The molecule has 1 fully saturated rings. The number of carbonyl (C=O) groups excluding carboxylic acids is 1. The lowest BCUT2D eigenvalue weighted by atomic mass is 9.74. The van der Waals surface area contributed by atoms with E-state index >= 15 is 0 Å². The van der Waals surface area contributed by atoms with Gasteiger partial charge in [-0.3, -0.25) is 4.79 Å². The van der Waals surface area contributed by atoms with Crippen molar-refractivity contribution in [2.45, 2.75) is 31.8 Å². The minimum absolute atomic E-state index is 0.0655. The lowest BCUT2D eigenvalue weighted by molar-refractivity contribution is -0.116. The Balaban J connectivity index is 1.67. The van der Waals surface area contributed by atoms with Crippen LogP contribution in [0.3, 0.4) is 0 Å². The van der Waals surface area contributed by atoms with E-state index in [-0.39, 0.29) is 35.2 Å². The molecule has 0 unspecified atom stereocenters. The van der Waals surface area contributed by atoms with E-state index in [0.29, 0.717) is 38.2 Å². The standard InChI is InChI=1S/C24H26F3NO4/c1-2-31-21-15-17(3-9-20(21)32-23(26)27)4-10-22(29)28-16-24(11-13-30-14-12-24)18-5-7-19(25)8-6-18/h3-10,15,23H,2,11-14,16H2,1H3,(H,28,29)/b10-4+. The summed E-state index contributed by atoms with van der Waals surface area (Å²) in [6.07, 6.45) is 4.37. The number of amides is 1. The number of hydrogen-bond acceptors (Lipinski definition) is 4. The molecule has 0 spiro atoms. The van der Waals surface area contributed by atoms with Crippen LogP contribution in [0.1, 0.15) is 30.9 Å². The highest BCUT2D eigenvalue weighted by Gasteiger charge is 2.34. The summed E-state index contributed by atoms with van der Waals surface area (Å²) >= 11 is 0. The fourth-order valence-corrected chi connectivity index (χ4v) is 3.71. The quantitative estimate of drug-likeness (QED) is 0.564. The highest BCUT2D eigenvalue weighted by molar-refractivity contribution is 5.91. The van der Waals surface area contributed by atoms with Crippen molar-refractivity contribution in [2.75, 3.05) is 26.4 Å². The third-order valence-electron chi connectivity index (χ3n) is 5.42. The zero-order chi connectivity index (χ0) is 23.0. The summed E-state index contributed by atoms with van der Waals surface area (Å²) in [5.74, 6) is -0.500. The molecule has 1 aliphatic rings. The predicted octanol–water partition coefficient (Wildman–Crippen LogP) is 4.70. The Bertz CT molecular complexity index is 925. The molecule has 0 radical (unpaired) electrons. The molecule has 2 aromatic rings. The summed E-state index contributed by atoms with van der Waals surface area (Å²) in [6.45, 7) is 0.570. The molecule has 32 heavy (non-hydrogen) atoms. The highest BCUT2D eigenvalue weighted by Crippen LogP contribution is 2.34. The maximum absolute atomic E-state index is 13.4. The largest absolute Gasteiger partial charge is 0.490 e. The van der Waals surface area contributed by atoms with Crippen LogP contribution < -0.4 is 14.8 Å². The number of nitrogens with one attached hydrogen (secondary N) is 1. The molecule has 172 valence electrons. The fraction of sp³-hybridized carbons (Fsp3) is 0.375. The van der Waals surface area contributed by atoms with Gasteiger partial charge in [0.25, 0.3) is 0 Å². The highest BCUT2D eigenvalue weighted by atomic mass is 19.3. The predicted molar refractivity (Wildman–Crippen MR) is 114 cm³/mol. The summed E-state index contributed by atoms with van der Waals surface area (Å²) in [5.41, 5.74) is 1.23. The molecule has 0 aromatic heterocycles. The van der Waals surface area contributed by atoms with E-state index in [1.165, 1.54) is 30.3 Å². The van der Waals surface area contributed by atoms with Crippen molar-refractivity contribution in [3.05, 3.63) is 65.5 Å². The first-order valence-corrected chi connectivity index (χ1v) is 10.4. The first-order valence-electron chi connectivity index (χ1n) is 10.4. The van der Waals surface area contributed by atoms with Gasteiger partial charge in [-0.1, -0.05) is 18.2 Å². The van der Waals surface area contributed by atoms with Crippen LogP contribution in [0.4, 0.5) is 13.2 Å². The van der Waals surface area contributed by atoms with Crippen LogP contribution in [0.15, 0.2) is 48.5 Å². The Labute approximate surface area is 185 Å². The van der Waals surface area contributed by atoms with Crippen molar-refractivity contribution < 1.29 is 32.2 Å². The van der Waals surface area contributed by atoms with Gasteiger partial charge in [0.05, 0.1) is 6.61 Å². The van der Waals surface area contributed by atoms with Crippen LogP contribution in [-0.4, -0.2) is 38.9 Å². The van der Waals surface area contributed by atoms with Crippen LogP contribution in [0.2, 0.25) is 0 Å². The molecule has 1 heterocycles. The van der Waals surface area contributed by atoms with Crippen molar-refractivity contribution in [2.24, 2.45) is 0 Å². The van der Waals surface area contributed by atoms with Crippen LogP contribution >= 0.6 is 0 Å². The molecule has 3 rings (SSSR count). The number of hydrogen-bond donors (Lipinski definition) is 1. The molecule has 5 nitrogen and oxygen atoms in total. The van der Waals surface area contributed by atoms with Crippen LogP contribution in [0.25, 0.3) is 6.08 Å². The molecular weight excluding hydrogens is 423 g/mol. The van der Waals surface area contributed by atoms with Gasteiger partial charge < -0.3 is 19.5 Å². The molecule has 1 N–H and O–H groups in total. The zero-order valence-corrected chi connectivity index (χ0v) is 17.8. The Hall–Kier alpha value is -3.00. The van der Waals surface area contributed by atoms with Gasteiger partial charge in [0.2, 0.25) is 5.91 Å². The molecule has 1 saturated heterocycles. The molecule has 0 saturated carbocycles. The van der Waals surface area contributed by atoms with E-state index in [4.69, 9.17) is 9.47 Å². The minimum Gasteiger partial charge on any atom is -0.490 e. The van der Waals surface area contributed by atoms with E-state index in [1.807, 2.05) is 0 Å². The molecule has 0 bridgehead atoms. The number of ether oxygens (including phenoxy) is 3. The van der Waals surface area contributed by atoms with Crippen LogP contribution in [-0.2, 0) is 14.9 Å². The first kappa shape index (κ1) is 23.7. The Morgan fingerprint density at radius 1 is 1.16 bits per heavy atom. The molecule has 0 aliphatic carbocycles. The third kappa shape index (κ3) is 6.26. The van der Waals surface area contributed by atoms with E-state index in [0.717, 1.165) is 5.56 Å². The van der Waals surface area contributed by atoms with E-state index in [9.17, 15) is 18.0 Å². The molecule has 0 atom stereocenters. The van der Waals surface area contributed by atoms with Gasteiger partial charge in [0.15, 0.2) is 11.5 Å². The second kappa shape index (κ2) is 11.0. The number of halogens is 3. The summed E-state index contributed by atoms with van der Waals surface area (Å²) in [6, 6.07) is 10.8. The van der Waals surface area contributed by atoms with Gasteiger partial charge in [-0.25, -0.2) is 4.39 Å². The average molecular weight is 449 g/mol.